The first kappa shape index (κ1) is 18.4. The molecular weight excluding hydrogens is 351 g/mol. The van der Waals surface area contributed by atoms with Crippen molar-refractivity contribution >= 4 is 17.5 Å². The van der Waals surface area contributed by atoms with Gasteiger partial charge in [-0.25, -0.2) is 4.79 Å². The van der Waals surface area contributed by atoms with Crippen LogP contribution in [0.3, 0.4) is 0 Å². The Morgan fingerprint density at radius 1 is 1.40 bits per heavy atom. The number of phenolic OH excluding ortho intramolecular Hbond substituents is 1. The molecule has 2 amide bonds. The van der Waals surface area contributed by atoms with Gasteiger partial charge in [0, 0.05) is 17.7 Å². The molecule has 0 aromatic heterocycles. The van der Waals surface area contributed by atoms with Crippen LogP contribution >= 0.6 is 0 Å². The number of nitrogens with zero attached hydrogens (tertiary/aromatic N) is 1. The minimum absolute atomic E-state index is 0.507. The van der Waals surface area contributed by atoms with Crippen molar-refractivity contribution in [3.05, 3.63) is 33.9 Å². The number of hydrogen-bond donors (Lipinski definition) is 4. The standard InChI is InChI=1S/C13H12F3N3O6/c1-5(20)9-10(7-4-6(19(24)25)2-3-8(7)21)17-11(22)18-12(9,23)13(14,15)16/h2-4,9-10,21,23H,1H3,(H2,17,18,22)/t9-,10-,12+/m0/s1. The summed E-state index contributed by atoms with van der Waals surface area (Å²) in [6.07, 6.45) is -5.42. The van der Waals surface area contributed by atoms with Crippen LogP contribution in [0.5, 0.6) is 5.75 Å². The third-order valence-electron chi connectivity index (χ3n) is 3.80. The molecule has 1 heterocycles. The lowest BCUT2D eigenvalue weighted by atomic mass is 9.79. The van der Waals surface area contributed by atoms with Gasteiger partial charge in [-0.2, -0.15) is 13.2 Å². The SMILES string of the molecule is CC(=O)[C@H]1[C@H](c2cc([N+](=O)[O-])ccc2O)NC(=O)N[C@]1(O)C(F)(F)F. The van der Waals surface area contributed by atoms with Gasteiger partial charge >= 0.3 is 12.2 Å². The number of benzene rings is 1. The molecule has 1 aromatic carbocycles. The molecule has 1 aliphatic heterocycles. The van der Waals surface area contributed by atoms with Crippen LogP contribution < -0.4 is 10.6 Å². The molecule has 0 saturated carbocycles. The van der Waals surface area contributed by atoms with Crippen LogP contribution in [0.2, 0.25) is 0 Å². The van der Waals surface area contributed by atoms with E-state index in [2.05, 4.69) is 0 Å². The van der Waals surface area contributed by atoms with Gasteiger partial charge in [0.05, 0.1) is 16.9 Å². The number of amides is 2. The lowest BCUT2D eigenvalue weighted by Gasteiger charge is -2.44. The van der Waals surface area contributed by atoms with Gasteiger partial charge in [0.15, 0.2) is 0 Å². The van der Waals surface area contributed by atoms with Gasteiger partial charge in [0.2, 0.25) is 5.72 Å². The topological polar surface area (TPSA) is 142 Å². The lowest BCUT2D eigenvalue weighted by molar-refractivity contribution is -0.385. The largest absolute Gasteiger partial charge is 0.508 e. The van der Waals surface area contributed by atoms with Gasteiger partial charge in [0.1, 0.15) is 11.5 Å². The second-order valence-electron chi connectivity index (χ2n) is 5.43. The zero-order chi connectivity index (χ0) is 19.2. The third kappa shape index (κ3) is 3.07. The molecule has 0 unspecified atom stereocenters. The number of urea groups is 1. The first-order valence-electron chi connectivity index (χ1n) is 6.74. The molecule has 25 heavy (non-hydrogen) atoms. The number of phenols is 1. The van der Waals surface area contributed by atoms with E-state index in [9.17, 15) is 43.1 Å². The minimum atomic E-state index is -5.42. The fraction of sp³-hybridized carbons (Fsp3) is 0.385. The summed E-state index contributed by atoms with van der Waals surface area (Å²) in [6.45, 7) is 0.752. The highest BCUT2D eigenvalue weighted by Crippen LogP contribution is 2.44. The predicted octanol–water partition coefficient (Wildman–Crippen LogP) is 1.11. The first-order valence-corrected chi connectivity index (χ1v) is 6.74. The third-order valence-corrected chi connectivity index (χ3v) is 3.80. The van der Waals surface area contributed by atoms with Crippen molar-refractivity contribution in [3.63, 3.8) is 0 Å². The number of carbonyl (C=O) groups excluding carboxylic acids is 2. The average Bonchev–Trinajstić information content (AvgIpc) is 2.44. The van der Waals surface area contributed by atoms with Crippen molar-refractivity contribution in [1.82, 2.24) is 10.6 Å². The molecule has 1 fully saturated rings. The van der Waals surface area contributed by atoms with Crippen molar-refractivity contribution in [3.8, 4) is 5.75 Å². The van der Waals surface area contributed by atoms with E-state index in [1.807, 2.05) is 5.32 Å². The Morgan fingerprint density at radius 3 is 2.48 bits per heavy atom. The number of ketones is 1. The summed E-state index contributed by atoms with van der Waals surface area (Å²) < 4.78 is 39.9. The van der Waals surface area contributed by atoms with E-state index < -0.39 is 57.6 Å². The number of hydrogen-bond acceptors (Lipinski definition) is 6. The molecule has 9 nitrogen and oxygen atoms in total. The van der Waals surface area contributed by atoms with Gasteiger partial charge in [-0.15, -0.1) is 0 Å². The quantitative estimate of drug-likeness (QED) is 0.468. The molecule has 0 radical (unpaired) electrons. The normalized spacial score (nSPS) is 26.5. The molecule has 1 aliphatic rings. The number of rotatable bonds is 3. The molecule has 0 aliphatic carbocycles. The number of nitro benzene ring substituents is 1. The summed E-state index contributed by atoms with van der Waals surface area (Å²) in [4.78, 5) is 33.4. The summed E-state index contributed by atoms with van der Waals surface area (Å²) in [7, 11) is 0. The zero-order valence-electron chi connectivity index (χ0n) is 12.5. The Hall–Kier alpha value is -2.89. The van der Waals surface area contributed by atoms with Crippen LogP contribution in [0.25, 0.3) is 0 Å². The van der Waals surface area contributed by atoms with Crippen LogP contribution in [0.15, 0.2) is 18.2 Å². The fourth-order valence-electron chi connectivity index (χ4n) is 2.69. The predicted molar refractivity (Wildman–Crippen MR) is 74.3 cm³/mol. The number of nitro groups is 1. The maximum atomic E-state index is 13.3. The second kappa shape index (κ2) is 5.88. The molecule has 136 valence electrons. The van der Waals surface area contributed by atoms with Crippen LogP contribution in [-0.2, 0) is 4.79 Å². The van der Waals surface area contributed by atoms with Crippen LogP contribution in [0.1, 0.15) is 18.5 Å². The molecule has 4 N–H and O–H groups in total. The Labute approximate surface area is 137 Å². The number of Topliss-reactive ketones (excluding diaryl/α,β-unsaturated/α-hetero) is 1. The van der Waals surface area contributed by atoms with E-state index in [4.69, 9.17) is 0 Å². The number of alkyl halides is 3. The van der Waals surface area contributed by atoms with E-state index in [1.54, 1.807) is 0 Å². The molecule has 1 saturated heterocycles. The number of halogens is 3. The summed E-state index contributed by atoms with van der Waals surface area (Å²) in [5.41, 5.74) is -5.01. The zero-order valence-corrected chi connectivity index (χ0v) is 12.5. The maximum absolute atomic E-state index is 13.3. The molecule has 1 aromatic rings. The summed E-state index contributed by atoms with van der Waals surface area (Å²) in [5, 5.41) is 33.9. The Kier molecular flexibility index (Phi) is 4.34. The monoisotopic (exact) mass is 363 g/mol. The van der Waals surface area contributed by atoms with Gasteiger partial charge in [0.25, 0.3) is 5.69 Å². The Morgan fingerprint density at radius 2 is 2.00 bits per heavy atom. The molecular formula is C13H12F3N3O6. The first-order chi connectivity index (χ1) is 11.4. The molecule has 3 atom stereocenters. The van der Waals surface area contributed by atoms with E-state index >= 15 is 0 Å². The van der Waals surface area contributed by atoms with Crippen LogP contribution in [0.4, 0.5) is 23.7 Å². The van der Waals surface area contributed by atoms with E-state index in [1.165, 1.54) is 5.32 Å². The number of aromatic hydroxyl groups is 1. The number of nitrogens with one attached hydrogen (secondary N) is 2. The van der Waals surface area contributed by atoms with Crippen molar-refractivity contribution < 1.29 is 37.9 Å². The Balaban J connectivity index is 2.66. The van der Waals surface area contributed by atoms with Gasteiger partial charge in [-0.3, -0.25) is 14.9 Å². The van der Waals surface area contributed by atoms with Crippen LogP contribution in [0, 0.1) is 16.0 Å². The fourth-order valence-corrected chi connectivity index (χ4v) is 2.69. The summed E-state index contributed by atoms with van der Waals surface area (Å²) >= 11 is 0. The Bertz CT molecular complexity index is 753. The van der Waals surface area contributed by atoms with Crippen LogP contribution in [-0.4, -0.2) is 38.9 Å². The average molecular weight is 363 g/mol. The molecule has 2 rings (SSSR count). The molecule has 0 spiro atoms. The van der Waals surface area contributed by atoms with Crippen molar-refractivity contribution in [2.75, 3.05) is 0 Å². The number of non-ortho nitro benzene ring substituents is 1. The maximum Gasteiger partial charge on any atom is 0.437 e. The van der Waals surface area contributed by atoms with Gasteiger partial charge in [-0.1, -0.05) is 0 Å². The van der Waals surface area contributed by atoms with Gasteiger partial charge < -0.3 is 20.8 Å². The number of carbonyl (C=O) groups is 2. The summed E-state index contributed by atoms with van der Waals surface area (Å²) in [5.74, 6) is -4.14. The van der Waals surface area contributed by atoms with Gasteiger partial charge in [-0.05, 0) is 13.0 Å². The van der Waals surface area contributed by atoms with Crippen molar-refractivity contribution in [2.45, 2.75) is 24.9 Å². The van der Waals surface area contributed by atoms with E-state index in [0.29, 0.717) is 0 Å². The molecule has 12 heteroatoms. The van der Waals surface area contributed by atoms with E-state index in [0.717, 1.165) is 25.1 Å². The second-order valence-corrected chi connectivity index (χ2v) is 5.43. The number of aliphatic hydroxyl groups is 1. The van der Waals surface area contributed by atoms with Crippen molar-refractivity contribution in [1.29, 1.82) is 0 Å². The smallest absolute Gasteiger partial charge is 0.437 e. The highest BCUT2D eigenvalue weighted by Gasteiger charge is 2.65. The summed E-state index contributed by atoms with van der Waals surface area (Å²) in [6, 6.07) is -0.865. The molecule has 0 bridgehead atoms. The lowest BCUT2D eigenvalue weighted by Crippen LogP contribution is -2.72. The highest BCUT2D eigenvalue weighted by molar-refractivity contribution is 5.86. The van der Waals surface area contributed by atoms with E-state index in [-0.39, 0.29) is 0 Å². The van der Waals surface area contributed by atoms with Crippen molar-refractivity contribution in [2.24, 2.45) is 5.92 Å². The minimum Gasteiger partial charge on any atom is -0.508 e. The highest BCUT2D eigenvalue weighted by atomic mass is 19.4.